The Kier molecular flexibility index (Phi) is 4.20. The third-order valence-corrected chi connectivity index (χ3v) is 3.70. The summed E-state index contributed by atoms with van der Waals surface area (Å²) in [4.78, 5) is 0. The van der Waals surface area contributed by atoms with Gasteiger partial charge in [-0.05, 0) is 55.2 Å². The smallest absolute Gasteiger partial charge is 0.127 e. The molecule has 3 rings (SSSR count). The second-order valence-electron chi connectivity index (χ2n) is 5.42. The Labute approximate surface area is 125 Å². The van der Waals surface area contributed by atoms with E-state index in [9.17, 15) is 4.39 Å². The first-order valence-corrected chi connectivity index (χ1v) is 7.51. The van der Waals surface area contributed by atoms with Crippen molar-refractivity contribution in [2.45, 2.75) is 32.4 Å². The van der Waals surface area contributed by atoms with E-state index in [1.54, 1.807) is 6.07 Å². The Morgan fingerprint density at radius 1 is 1.10 bits per heavy atom. The zero-order chi connectivity index (χ0) is 14.7. The molecule has 1 fully saturated rings. The number of benzene rings is 2. The molecular formula is C18H20FNO. The van der Waals surface area contributed by atoms with Crippen LogP contribution in [0, 0.1) is 5.82 Å². The van der Waals surface area contributed by atoms with Crippen LogP contribution in [0.3, 0.4) is 0 Å². The molecule has 0 spiro atoms. The van der Waals surface area contributed by atoms with Gasteiger partial charge in [0, 0.05) is 18.2 Å². The van der Waals surface area contributed by atoms with Crippen molar-refractivity contribution in [2.24, 2.45) is 0 Å². The number of hydrogen-bond acceptors (Lipinski definition) is 2. The van der Waals surface area contributed by atoms with Gasteiger partial charge in [0.25, 0.3) is 0 Å². The van der Waals surface area contributed by atoms with E-state index in [1.807, 2.05) is 43.3 Å². The summed E-state index contributed by atoms with van der Waals surface area (Å²) in [5, 5.41) is 3.36. The topological polar surface area (TPSA) is 21.3 Å². The number of halogens is 1. The molecule has 2 aromatic carbocycles. The van der Waals surface area contributed by atoms with Gasteiger partial charge in [0.05, 0.1) is 6.61 Å². The Morgan fingerprint density at radius 3 is 2.48 bits per heavy atom. The Hall–Kier alpha value is -1.87. The first-order chi connectivity index (χ1) is 10.3. The summed E-state index contributed by atoms with van der Waals surface area (Å²) < 4.78 is 19.3. The molecule has 1 saturated carbocycles. The van der Waals surface area contributed by atoms with Gasteiger partial charge in [-0.15, -0.1) is 0 Å². The van der Waals surface area contributed by atoms with E-state index < -0.39 is 0 Å². The molecule has 1 aliphatic rings. The third-order valence-electron chi connectivity index (χ3n) is 3.70. The summed E-state index contributed by atoms with van der Waals surface area (Å²) in [5.74, 6) is 0.719. The first-order valence-electron chi connectivity index (χ1n) is 7.51. The van der Waals surface area contributed by atoms with Crippen LogP contribution in [0.15, 0.2) is 42.5 Å². The Balaban J connectivity index is 1.78. The van der Waals surface area contributed by atoms with Gasteiger partial charge in [0.1, 0.15) is 11.6 Å². The molecule has 2 nitrogen and oxygen atoms in total. The summed E-state index contributed by atoms with van der Waals surface area (Å²) in [6, 6.07) is 13.8. The minimum atomic E-state index is -0.141. The fourth-order valence-electron chi connectivity index (χ4n) is 2.34. The molecular weight excluding hydrogens is 265 g/mol. The molecule has 3 heteroatoms. The van der Waals surface area contributed by atoms with E-state index in [0.29, 0.717) is 19.2 Å². The van der Waals surface area contributed by atoms with E-state index in [2.05, 4.69) is 5.32 Å². The van der Waals surface area contributed by atoms with Crippen LogP contribution in [-0.4, -0.2) is 12.6 Å². The first kappa shape index (κ1) is 14.1. The van der Waals surface area contributed by atoms with E-state index >= 15 is 0 Å². The SMILES string of the molecule is CCOc1ccc(-c2ccc(F)c(CNC3CC3)c2)cc1. The van der Waals surface area contributed by atoms with Crippen molar-refractivity contribution < 1.29 is 9.13 Å². The summed E-state index contributed by atoms with van der Waals surface area (Å²) in [5.41, 5.74) is 2.84. The van der Waals surface area contributed by atoms with Gasteiger partial charge in [-0.25, -0.2) is 4.39 Å². The van der Waals surface area contributed by atoms with Gasteiger partial charge in [-0.2, -0.15) is 0 Å². The average molecular weight is 285 g/mol. The van der Waals surface area contributed by atoms with E-state index in [1.165, 1.54) is 12.8 Å². The van der Waals surface area contributed by atoms with Crippen LogP contribution in [0.2, 0.25) is 0 Å². The second-order valence-corrected chi connectivity index (χ2v) is 5.42. The monoisotopic (exact) mass is 285 g/mol. The quantitative estimate of drug-likeness (QED) is 0.861. The molecule has 0 atom stereocenters. The lowest BCUT2D eigenvalue weighted by atomic mass is 10.0. The lowest BCUT2D eigenvalue weighted by Gasteiger charge is -2.09. The van der Waals surface area contributed by atoms with E-state index in [-0.39, 0.29) is 5.82 Å². The number of ether oxygens (including phenoxy) is 1. The maximum absolute atomic E-state index is 13.9. The van der Waals surface area contributed by atoms with Crippen LogP contribution in [0.4, 0.5) is 4.39 Å². The van der Waals surface area contributed by atoms with Gasteiger partial charge in [0.15, 0.2) is 0 Å². The van der Waals surface area contributed by atoms with Crippen molar-refractivity contribution in [3.63, 3.8) is 0 Å². The van der Waals surface area contributed by atoms with E-state index in [4.69, 9.17) is 4.74 Å². The molecule has 0 unspecified atom stereocenters. The highest BCUT2D eigenvalue weighted by molar-refractivity contribution is 5.65. The van der Waals surface area contributed by atoms with Crippen LogP contribution in [0.1, 0.15) is 25.3 Å². The van der Waals surface area contributed by atoms with Crippen LogP contribution in [0.5, 0.6) is 5.75 Å². The van der Waals surface area contributed by atoms with E-state index in [0.717, 1.165) is 22.4 Å². The highest BCUT2D eigenvalue weighted by Gasteiger charge is 2.20. The molecule has 0 amide bonds. The summed E-state index contributed by atoms with van der Waals surface area (Å²) in [6.45, 7) is 3.22. The minimum absolute atomic E-state index is 0.141. The zero-order valence-electron chi connectivity index (χ0n) is 12.2. The standard InChI is InChI=1S/C18H20FNO/c1-2-21-17-8-3-13(4-9-17)14-5-10-18(19)15(11-14)12-20-16-6-7-16/h3-5,8-11,16,20H,2,6-7,12H2,1H3. The van der Waals surface area contributed by atoms with Gasteiger partial charge in [0.2, 0.25) is 0 Å². The zero-order valence-corrected chi connectivity index (χ0v) is 12.2. The highest BCUT2D eigenvalue weighted by Crippen LogP contribution is 2.25. The fraction of sp³-hybridized carbons (Fsp3) is 0.333. The molecule has 2 aromatic rings. The molecule has 1 aliphatic carbocycles. The van der Waals surface area contributed by atoms with Crippen molar-refractivity contribution in [2.75, 3.05) is 6.61 Å². The summed E-state index contributed by atoms with van der Waals surface area (Å²) in [6.07, 6.45) is 2.42. The largest absolute Gasteiger partial charge is 0.494 e. The van der Waals surface area contributed by atoms with Crippen molar-refractivity contribution in [1.29, 1.82) is 0 Å². The van der Waals surface area contributed by atoms with Crippen LogP contribution >= 0.6 is 0 Å². The summed E-state index contributed by atoms with van der Waals surface area (Å²) >= 11 is 0. The fourth-order valence-corrected chi connectivity index (χ4v) is 2.34. The van der Waals surface area contributed by atoms with Gasteiger partial charge in [-0.3, -0.25) is 0 Å². The van der Waals surface area contributed by atoms with Gasteiger partial charge >= 0.3 is 0 Å². The van der Waals surface area contributed by atoms with Crippen molar-refractivity contribution in [1.82, 2.24) is 5.32 Å². The minimum Gasteiger partial charge on any atom is -0.494 e. The number of hydrogen-bond donors (Lipinski definition) is 1. The lowest BCUT2D eigenvalue weighted by Crippen LogP contribution is -2.16. The van der Waals surface area contributed by atoms with Gasteiger partial charge in [-0.1, -0.05) is 18.2 Å². The number of nitrogens with one attached hydrogen (secondary N) is 1. The van der Waals surface area contributed by atoms with Crippen LogP contribution in [-0.2, 0) is 6.54 Å². The van der Waals surface area contributed by atoms with Crippen molar-refractivity contribution >= 4 is 0 Å². The molecule has 0 bridgehead atoms. The molecule has 110 valence electrons. The molecule has 0 radical (unpaired) electrons. The average Bonchev–Trinajstić information content (AvgIpc) is 3.32. The second kappa shape index (κ2) is 6.27. The predicted octanol–water partition coefficient (Wildman–Crippen LogP) is 4.14. The predicted molar refractivity (Wildman–Crippen MR) is 82.9 cm³/mol. The molecule has 1 N–H and O–H groups in total. The molecule has 21 heavy (non-hydrogen) atoms. The molecule has 0 aromatic heterocycles. The maximum Gasteiger partial charge on any atom is 0.127 e. The van der Waals surface area contributed by atoms with Crippen LogP contribution < -0.4 is 10.1 Å². The lowest BCUT2D eigenvalue weighted by molar-refractivity contribution is 0.340. The van der Waals surface area contributed by atoms with Gasteiger partial charge < -0.3 is 10.1 Å². The summed E-state index contributed by atoms with van der Waals surface area (Å²) in [7, 11) is 0. The van der Waals surface area contributed by atoms with Crippen molar-refractivity contribution in [3.8, 4) is 16.9 Å². The third kappa shape index (κ3) is 3.61. The van der Waals surface area contributed by atoms with Crippen LogP contribution in [0.25, 0.3) is 11.1 Å². The highest BCUT2D eigenvalue weighted by atomic mass is 19.1. The maximum atomic E-state index is 13.9. The normalized spacial score (nSPS) is 14.2. The Bertz CT molecular complexity index is 605. The molecule has 0 heterocycles. The molecule has 0 saturated heterocycles. The molecule has 0 aliphatic heterocycles. The number of rotatable bonds is 6. The van der Waals surface area contributed by atoms with Crippen molar-refractivity contribution in [3.05, 3.63) is 53.8 Å². The Morgan fingerprint density at radius 2 is 1.81 bits per heavy atom.